The number of aromatic amines is 1. The lowest BCUT2D eigenvalue weighted by Crippen LogP contribution is -2.33. The zero-order chi connectivity index (χ0) is 12.4. The lowest BCUT2D eigenvalue weighted by atomic mass is 10.2. The quantitative estimate of drug-likeness (QED) is 0.629. The Morgan fingerprint density at radius 3 is 3.18 bits per heavy atom. The molecule has 0 bridgehead atoms. The van der Waals surface area contributed by atoms with Gasteiger partial charge in [0.25, 0.3) is 0 Å². The second-order valence-electron chi connectivity index (χ2n) is 4.00. The second-order valence-corrected chi connectivity index (χ2v) is 4.00. The van der Waals surface area contributed by atoms with Gasteiger partial charge in [-0.1, -0.05) is 0 Å². The molecule has 1 aliphatic heterocycles. The molecule has 7 heteroatoms. The van der Waals surface area contributed by atoms with Gasteiger partial charge >= 0.3 is 5.97 Å². The number of nitrogen functional groups attached to an aromatic ring is 1. The molecule has 1 saturated heterocycles. The van der Waals surface area contributed by atoms with E-state index in [2.05, 4.69) is 14.9 Å². The van der Waals surface area contributed by atoms with Crippen LogP contribution < -0.4 is 10.6 Å². The van der Waals surface area contributed by atoms with Crippen molar-refractivity contribution in [2.75, 3.05) is 30.9 Å². The highest BCUT2D eigenvalue weighted by Crippen LogP contribution is 2.29. The fourth-order valence-electron chi connectivity index (χ4n) is 2.16. The number of carbonyl (C=O) groups excluding carboxylic acids is 1. The van der Waals surface area contributed by atoms with Gasteiger partial charge in [0.05, 0.1) is 19.8 Å². The van der Waals surface area contributed by atoms with Gasteiger partial charge in [-0.25, -0.2) is 4.79 Å². The molecule has 2 heterocycles. The first kappa shape index (κ1) is 11.7. The van der Waals surface area contributed by atoms with E-state index in [1.165, 1.54) is 7.11 Å². The van der Waals surface area contributed by atoms with E-state index in [1.54, 1.807) is 0 Å². The average Bonchev–Trinajstić information content (AvgIpc) is 2.93. The van der Waals surface area contributed by atoms with Crippen LogP contribution in [-0.4, -0.2) is 47.6 Å². The number of nitrogens with two attached hydrogens (primary N) is 1. The predicted molar refractivity (Wildman–Crippen MR) is 61.8 cm³/mol. The average molecular weight is 240 g/mol. The van der Waals surface area contributed by atoms with E-state index in [0.717, 1.165) is 19.4 Å². The molecule has 1 unspecified atom stereocenters. The zero-order valence-corrected chi connectivity index (χ0v) is 9.64. The molecule has 17 heavy (non-hydrogen) atoms. The van der Waals surface area contributed by atoms with Crippen LogP contribution in [0.1, 0.15) is 23.2 Å². The van der Waals surface area contributed by atoms with E-state index < -0.39 is 5.97 Å². The van der Waals surface area contributed by atoms with Crippen molar-refractivity contribution in [3.63, 3.8) is 0 Å². The monoisotopic (exact) mass is 240 g/mol. The SMILES string of the molecule is COC(=O)c1c(N2CCCC2CO)n[nH]c1N. The Kier molecular flexibility index (Phi) is 3.19. The van der Waals surface area contributed by atoms with Crippen molar-refractivity contribution in [1.29, 1.82) is 0 Å². The third kappa shape index (κ3) is 1.93. The molecule has 0 radical (unpaired) electrons. The number of nitrogens with one attached hydrogen (secondary N) is 1. The Morgan fingerprint density at radius 2 is 2.53 bits per heavy atom. The van der Waals surface area contributed by atoms with Gasteiger partial charge in [-0.05, 0) is 12.8 Å². The topological polar surface area (TPSA) is 104 Å². The first-order valence-corrected chi connectivity index (χ1v) is 5.48. The first-order valence-electron chi connectivity index (χ1n) is 5.48. The van der Waals surface area contributed by atoms with Crippen LogP contribution in [0.2, 0.25) is 0 Å². The number of rotatable bonds is 3. The molecular formula is C10H16N4O3. The van der Waals surface area contributed by atoms with Crippen LogP contribution in [-0.2, 0) is 4.74 Å². The number of aliphatic hydroxyl groups excluding tert-OH is 1. The molecule has 4 N–H and O–H groups in total. The van der Waals surface area contributed by atoms with E-state index in [0.29, 0.717) is 5.82 Å². The van der Waals surface area contributed by atoms with Crippen LogP contribution in [0, 0.1) is 0 Å². The minimum absolute atomic E-state index is 0.0129. The summed E-state index contributed by atoms with van der Waals surface area (Å²) in [5.41, 5.74) is 5.91. The smallest absolute Gasteiger partial charge is 0.345 e. The summed E-state index contributed by atoms with van der Waals surface area (Å²) in [7, 11) is 1.30. The van der Waals surface area contributed by atoms with Crippen molar-refractivity contribution in [2.24, 2.45) is 0 Å². The molecule has 1 aromatic heterocycles. The minimum atomic E-state index is -0.519. The van der Waals surface area contributed by atoms with E-state index in [1.807, 2.05) is 4.90 Å². The van der Waals surface area contributed by atoms with Crippen molar-refractivity contribution in [1.82, 2.24) is 10.2 Å². The molecule has 0 saturated carbocycles. The Labute approximate surface area is 98.5 Å². The van der Waals surface area contributed by atoms with Gasteiger partial charge in [0.2, 0.25) is 0 Å². The van der Waals surface area contributed by atoms with Crippen LogP contribution in [0.5, 0.6) is 0 Å². The number of aromatic nitrogens is 2. The Balaban J connectivity index is 2.35. The number of methoxy groups -OCH3 is 1. The van der Waals surface area contributed by atoms with Crippen molar-refractivity contribution in [3.05, 3.63) is 5.56 Å². The molecule has 0 aromatic carbocycles. The molecule has 94 valence electrons. The highest BCUT2D eigenvalue weighted by atomic mass is 16.5. The van der Waals surface area contributed by atoms with E-state index in [-0.39, 0.29) is 24.0 Å². The molecule has 0 amide bonds. The number of hydrogen-bond donors (Lipinski definition) is 3. The number of carbonyl (C=O) groups is 1. The van der Waals surface area contributed by atoms with Crippen molar-refractivity contribution >= 4 is 17.6 Å². The Bertz CT molecular complexity index is 418. The molecule has 2 rings (SSSR count). The van der Waals surface area contributed by atoms with Crippen LogP contribution in [0.3, 0.4) is 0 Å². The molecule has 1 fully saturated rings. The summed E-state index contributed by atoms with van der Waals surface area (Å²) in [6.45, 7) is 0.785. The van der Waals surface area contributed by atoms with Crippen LogP contribution in [0.15, 0.2) is 0 Å². The van der Waals surface area contributed by atoms with Crippen molar-refractivity contribution < 1.29 is 14.6 Å². The lowest BCUT2D eigenvalue weighted by Gasteiger charge is -2.23. The van der Waals surface area contributed by atoms with Crippen LogP contribution >= 0.6 is 0 Å². The van der Waals surface area contributed by atoms with Crippen LogP contribution in [0.4, 0.5) is 11.6 Å². The number of esters is 1. The minimum Gasteiger partial charge on any atom is -0.465 e. The maximum absolute atomic E-state index is 11.6. The Morgan fingerprint density at radius 1 is 1.76 bits per heavy atom. The fraction of sp³-hybridized carbons (Fsp3) is 0.600. The summed E-state index contributed by atoms with van der Waals surface area (Å²) in [4.78, 5) is 13.5. The number of H-pyrrole nitrogens is 1. The summed E-state index contributed by atoms with van der Waals surface area (Å²) < 4.78 is 4.68. The number of hydrogen-bond acceptors (Lipinski definition) is 6. The molecule has 1 aliphatic rings. The van der Waals surface area contributed by atoms with E-state index in [4.69, 9.17) is 5.73 Å². The van der Waals surface area contributed by atoms with Crippen molar-refractivity contribution in [2.45, 2.75) is 18.9 Å². The first-order chi connectivity index (χ1) is 8.19. The molecule has 1 aromatic rings. The standard InChI is InChI=1S/C10H16N4O3/c1-17-10(16)7-8(11)12-13-9(7)14-4-2-3-6(14)5-15/h6,15H,2-5H2,1H3,(H3,11,12,13). The third-order valence-corrected chi connectivity index (χ3v) is 3.02. The molecule has 0 spiro atoms. The second kappa shape index (κ2) is 4.62. The van der Waals surface area contributed by atoms with Gasteiger partial charge in [0.15, 0.2) is 5.82 Å². The summed E-state index contributed by atoms with van der Waals surface area (Å²) in [6.07, 6.45) is 1.84. The normalized spacial score (nSPS) is 19.6. The largest absolute Gasteiger partial charge is 0.465 e. The van der Waals surface area contributed by atoms with Gasteiger partial charge in [0.1, 0.15) is 11.4 Å². The van der Waals surface area contributed by atoms with Gasteiger partial charge in [-0.3, -0.25) is 5.10 Å². The summed E-state index contributed by atoms with van der Waals surface area (Å²) in [6, 6.07) is -0.0129. The van der Waals surface area contributed by atoms with Gasteiger partial charge in [-0.2, -0.15) is 5.10 Å². The summed E-state index contributed by atoms with van der Waals surface area (Å²) in [5, 5.41) is 15.9. The molecule has 0 aliphatic carbocycles. The predicted octanol–water partition coefficient (Wildman–Crippen LogP) is -0.260. The maximum atomic E-state index is 11.6. The number of anilines is 2. The fourth-order valence-corrected chi connectivity index (χ4v) is 2.16. The number of aliphatic hydroxyl groups is 1. The highest BCUT2D eigenvalue weighted by molar-refractivity contribution is 5.99. The molecule has 7 nitrogen and oxygen atoms in total. The molecular weight excluding hydrogens is 224 g/mol. The molecule has 1 atom stereocenters. The lowest BCUT2D eigenvalue weighted by molar-refractivity contribution is 0.0602. The maximum Gasteiger partial charge on any atom is 0.345 e. The highest BCUT2D eigenvalue weighted by Gasteiger charge is 2.31. The van der Waals surface area contributed by atoms with E-state index >= 15 is 0 Å². The Hall–Kier alpha value is -1.76. The summed E-state index contributed by atoms with van der Waals surface area (Å²) in [5.74, 6) is 0.135. The zero-order valence-electron chi connectivity index (χ0n) is 9.64. The number of ether oxygens (including phenoxy) is 1. The number of nitrogens with zero attached hydrogens (tertiary/aromatic N) is 2. The van der Waals surface area contributed by atoms with Gasteiger partial charge in [0, 0.05) is 6.54 Å². The summed E-state index contributed by atoms with van der Waals surface area (Å²) >= 11 is 0. The van der Waals surface area contributed by atoms with Crippen LogP contribution in [0.25, 0.3) is 0 Å². The van der Waals surface area contributed by atoms with Crippen molar-refractivity contribution in [3.8, 4) is 0 Å². The van der Waals surface area contributed by atoms with Gasteiger partial charge < -0.3 is 20.5 Å². The third-order valence-electron chi connectivity index (χ3n) is 3.02. The van der Waals surface area contributed by atoms with E-state index in [9.17, 15) is 9.90 Å². The van der Waals surface area contributed by atoms with Gasteiger partial charge in [-0.15, -0.1) is 0 Å².